The van der Waals surface area contributed by atoms with Crippen molar-refractivity contribution in [2.45, 2.75) is 20.3 Å². The van der Waals surface area contributed by atoms with Gasteiger partial charge in [-0.2, -0.15) is 0 Å². The number of benzene rings is 1. The van der Waals surface area contributed by atoms with E-state index in [0.717, 1.165) is 22.6 Å². The minimum absolute atomic E-state index is 0.0665. The van der Waals surface area contributed by atoms with Gasteiger partial charge in [-0.25, -0.2) is 0 Å². The van der Waals surface area contributed by atoms with E-state index in [9.17, 15) is 4.79 Å². The number of rotatable bonds is 2. The maximum absolute atomic E-state index is 12.0. The number of carbonyl (C=O) groups is 1. The monoisotopic (exact) mass is 286 g/mol. The van der Waals surface area contributed by atoms with Crippen LogP contribution in [0.1, 0.15) is 22.5 Å². The van der Waals surface area contributed by atoms with Crippen LogP contribution in [-0.4, -0.2) is 10.9 Å². The van der Waals surface area contributed by atoms with Crippen molar-refractivity contribution in [3.05, 3.63) is 57.9 Å². The Balaban J connectivity index is 1.95. The molecule has 1 aromatic carbocycles. The zero-order valence-corrected chi connectivity index (χ0v) is 12.1. The predicted octanol–water partition coefficient (Wildman–Crippen LogP) is 3.86. The van der Waals surface area contributed by atoms with Crippen LogP contribution in [0.2, 0.25) is 5.02 Å². The average Bonchev–Trinajstić information content (AvgIpc) is 2.86. The van der Waals surface area contributed by atoms with E-state index in [4.69, 9.17) is 11.6 Å². The van der Waals surface area contributed by atoms with Crippen molar-refractivity contribution in [1.29, 1.82) is 0 Å². The molecule has 0 bridgehead atoms. The van der Waals surface area contributed by atoms with Crippen LogP contribution in [0.25, 0.3) is 5.57 Å². The highest BCUT2D eigenvalue weighted by Crippen LogP contribution is 2.33. The van der Waals surface area contributed by atoms with Crippen LogP contribution in [0.3, 0.4) is 0 Å². The molecule has 1 amide bonds. The van der Waals surface area contributed by atoms with E-state index >= 15 is 0 Å². The number of aryl methyl sites for hydroxylation is 2. The van der Waals surface area contributed by atoms with E-state index in [1.54, 1.807) is 6.07 Å². The normalized spacial score (nSPS) is 15.6. The summed E-state index contributed by atoms with van der Waals surface area (Å²) in [6.45, 7) is 4.10. The van der Waals surface area contributed by atoms with Gasteiger partial charge in [-0.3, -0.25) is 4.79 Å². The third-order valence-corrected chi connectivity index (χ3v) is 3.77. The van der Waals surface area contributed by atoms with Crippen molar-refractivity contribution in [2.75, 3.05) is 5.32 Å². The maximum atomic E-state index is 12.0. The first kappa shape index (κ1) is 13.0. The van der Waals surface area contributed by atoms with E-state index in [0.29, 0.717) is 17.0 Å². The molecule has 20 heavy (non-hydrogen) atoms. The molecule has 2 aromatic rings. The Kier molecular flexibility index (Phi) is 3.14. The molecule has 1 aliphatic heterocycles. The lowest BCUT2D eigenvalue weighted by atomic mass is 10.0. The fraction of sp³-hybridized carbons (Fsp3) is 0.188. The number of aromatic amines is 1. The predicted molar refractivity (Wildman–Crippen MR) is 82.0 cm³/mol. The number of anilines is 1. The number of H-pyrrole nitrogens is 1. The second-order valence-corrected chi connectivity index (χ2v) is 5.52. The van der Waals surface area contributed by atoms with Gasteiger partial charge in [0.1, 0.15) is 0 Å². The zero-order valence-electron chi connectivity index (χ0n) is 11.4. The van der Waals surface area contributed by atoms with Gasteiger partial charge in [-0.15, -0.1) is 0 Å². The van der Waals surface area contributed by atoms with Crippen LogP contribution in [0, 0.1) is 13.8 Å². The summed E-state index contributed by atoms with van der Waals surface area (Å²) in [6, 6.07) is 7.54. The largest absolute Gasteiger partial charge is 0.362 e. The minimum Gasteiger partial charge on any atom is -0.362 e. The quantitative estimate of drug-likeness (QED) is 0.809. The fourth-order valence-corrected chi connectivity index (χ4v) is 2.74. The Labute approximate surface area is 122 Å². The molecule has 0 saturated heterocycles. The van der Waals surface area contributed by atoms with Crippen LogP contribution in [0.15, 0.2) is 30.3 Å². The van der Waals surface area contributed by atoms with E-state index in [1.807, 2.05) is 25.1 Å². The van der Waals surface area contributed by atoms with Crippen LogP contribution >= 0.6 is 11.6 Å². The number of hydrogen-bond acceptors (Lipinski definition) is 1. The zero-order chi connectivity index (χ0) is 14.3. The summed E-state index contributed by atoms with van der Waals surface area (Å²) in [5.41, 5.74) is 5.88. The number of amides is 1. The molecule has 102 valence electrons. The number of allylic oxidation sites excluding steroid dienone is 1. The molecule has 0 unspecified atom stereocenters. The average molecular weight is 287 g/mol. The molecule has 1 aliphatic rings. The first-order valence-corrected chi connectivity index (χ1v) is 6.89. The van der Waals surface area contributed by atoms with Crippen molar-refractivity contribution < 1.29 is 4.79 Å². The first-order chi connectivity index (χ1) is 9.54. The highest BCUT2D eigenvalue weighted by atomic mass is 35.5. The summed E-state index contributed by atoms with van der Waals surface area (Å²) in [5, 5.41) is 3.49. The molecule has 1 aromatic heterocycles. The van der Waals surface area contributed by atoms with Crippen molar-refractivity contribution in [3.63, 3.8) is 0 Å². The van der Waals surface area contributed by atoms with E-state index in [1.165, 1.54) is 5.56 Å². The van der Waals surface area contributed by atoms with Crippen LogP contribution in [0.4, 0.5) is 5.69 Å². The van der Waals surface area contributed by atoms with E-state index in [2.05, 4.69) is 23.3 Å². The number of hydrogen-bond donors (Lipinski definition) is 2. The van der Waals surface area contributed by atoms with Crippen molar-refractivity contribution in [2.24, 2.45) is 0 Å². The molecule has 0 radical (unpaired) electrons. The third-order valence-electron chi connectivity index (χ3n) is 3.53. The Morgan fingerprint density at radius 3 is 2.75 bits per heavy atom. The van der Waals surface area contributed by atoms with Crippen LogP contribution in [-0.2, 0) is 11.2 Å². The van der Waals surface area contributed by atoms with Crippen molar-refractivity contribution >= 4 is 28.8 Å². The highest BCUT2D eigenvalue weighted by molar-refractivity contribution is 6.34. The maximum Gasteiger partial charge on any atom is 0.256 e. The van der Waals surface area contributed by atoms with E-state index < -0.39 is 0 Å². The number of halogens is 1. The second-order valence-electron chi connectivity index (χ2n) is 5.08. The summed E-state index contributed by atoms with van der Waals surface area (Å²) in [5.74, 6) is -0.0665. The van der Waals surface area contributed by atoms with Gasteiger partial charge in [0.25, 0.3) is 5.91 Å². The molecule has 0 spiro atoms. The van der Waals surface area contributed by atoms with Gasteiger partial charge >= 0.3 is 0 Å². The molecular formula is C16H15ClN2O. The molecular weight excluding hydrogens is 272 g/mol. The van der Waals surface area contributed by atoms with Gasteiger partial charge < -0.3 is 10.3 Å². The van der Waals surface area contributed by atoms with Crippen LogP contribution < -0.4 is 5.32 Å². The first-order valence-electron chi connectivity index (χ1n) is 6.51. The second kappa shape index (κ2) is 4.84. The summed E-state index contributed by atoms with van der Waals surface area (Å²) in [4.78, 5) is 15.3. The summed E-state index contributed by atoms with van der Waals surface area (Å²) in [6.07, 6.45) is 2.66. The molecule has 2 N–H and O–H groups in total. The van der Waals surface area contributed by atoms with Gasteiger partial charge in [-0.1, -0.05) is 17.7 Å². The smallest absolute Gasteiger partial charge is 0.256 e. The van der Waals surface area contributed by atoms with Crippen molar-refractivity contribution in [1.82, 2.24) is 4.98 Å². The molecule has 3 nitrogen and oxygen atoms in total. The number of fused-ring (bicyclic) bond motifs is 1. The molecule has 4 heteroatoms. The standard InChI is InChI=1S/C16H15ClN2O/c1-9-7-10(2)18-14(9)6-4-12-13-8-11(17)3-5-15(13)19-16(12)20/h3-5,7-8,18H,6H2,1-2H3,(H,19,20). The number of nitrogens with one attached hydrogen (secondary N) is 2. The number of aromatic nitrogens is 1. The Morgan fingerprint density at radius 2 is 2.05 bits per heavy atom. The van der Waals surface area contributed by atoms with Gasteiger partial charge in [0.15, 0.2) is 0 Å². The summed E-state index contributed by atoms with van der Waals surface area (Å²) in [7, 11) is 0. The Hall–Kier alpha value is -2.00. The highest BCUT2D eigenvalue weighted by Gasteiger charge is 2.23. The molecule has 0 fully saturated rings. The van der Waals surface area contributed by atoms with Crippen LogP contribution in [0.5, 0.6) is 0 Å². The van der Waals surface area contributed by atoms with Gasteiger partial charge in [0.05, 0.1) is 0 Å². The number of carbonyl (C=O) groups excluding carboxylic acids is 1. The topological polar surface area (TPSA) is 44.9 Å². The third kappa shape index (κ3) is 2.25. The molecule has 0 aliphatic carbocycles. The molecule has 0 saturated carbocycles. The molecule has 2 heterocycles. The van der Waals surface area contributed by atoms with E-state index in [-0.39, 0.29) is 5.91 Å². The Bertz CT molecular complexity index is 728. The molecule has 3 rings (SSSR count). The lowest BCUT2D eigenvalue weighted by molar-refractivity contribution is -0.110. The molecule has 0 atom stereocenters. The van der Waals surface area contributed by atoms with Gasteiger partial charge in [0.2, 0.25) is 0 Å². The lowest BCUT2D eigenvalue weighted by Crippen LogP contribution is -2.04. The lowest BCUT2D eigenvalue weighted by Gasteiger charge is -2.00. The Morgan fingerprint density at radius 1 is 1.25 bits per heavy atom. The van der Waals surface area contributed by atoms with Crippen molar-refractivity contribution in [3.8, 4) is 0 Å². The van der Waals surface area contributed by atoms with Gasteiger partial charge in [-0.05, 0) is 43.7 Å². The fourth-order valence-electron chi connectivity index (χ4n) is 2.56. The summed E-state index contributed by atoms with van der Waals surface area (Å²) < 4.78 is 0. The SMILES string of the molecule is Cc1cc(C)c(CC=C2C(=O)Nc3ccc(Cl)cc32)[nH]1. The minimum atomic E-state index is -0.0665. The van der Waals surface area contributed by atoms with Gasteiger partial charge in [0, 0.05) is 39.7 Å². The summed E-state index contributed by atoms with van der Waals surface area (Å²) >= 11 is 6.01.